The molecule has 1 rings (SSSR count). The lowest BCUT2D eigenvalue weighted by Crippen LogP contribution is -2.17. The number of hydrogen-bond donors (Lipinski definition) is 1. The number of rotatable bonds is 2. The first kappa shape index (κ1) is 3.61. The molecule has 0 saturated carbocycles. The molecule has 0 unspecified atom stereocenters. The molecule has 0 aromatic carbocycles. The molecule has 3 nitrogen and oxygen atoms in total. The number of hydrogen-bond acceptors (Lipinski definition) is 2. The molecule has 1 N–H and O–H groups in total. The van der Waals surface area contributed by atoms with Gasteiger partial charge in [-0.05, 0) is 0 Å². The first-order valence-electron chi connectivity index (χ1n) is 1.88. The van der Waals surface area contributed by atoms with Crippen LogP contribution < -0.4 is 5.43 Å². The number of carbonyl (C=O) groups excluding carboxylic acids is 1. The molecule has 1 fully saturated rings. The van der Waals surface area contributed by atoms with E-state index in [1.165, 1.54) is 0 Å². The third-order valence-electron chi connectivity index (χ3n) is 0.682. The Morgan fingerprint density at radius 2 is 2.33 bits per heavy atom. The second kappa shape index (κ2) is 1.26. The second-order valence-electron chi connectivity index (χ2n) is 1.23. The third-order valence-corrected chi connectivity index (χ3v) is 0.682. The fraction of sp³-hybridized carbons (Fsp3) is 0.667. The van der Waals surface area contributed by atoms with Crippen LogP contribution in [0.15, 0.2) is 0 Å². The average molecular weight is 86.1 g/mol. The van der Waals surface area contributed by atoms with Gasteiger partial charge in [0.2, 0.25) is 6.41 Å². The monoisotopic (exact) mass is 86.0 g/mol. The molecule has 3 heteroatoms. The van der Waals surface area contributed by atoms with E-state index in [9.17, 15) is 4.79 Å². The standard InChI is InChI=1S/C3H6N2O/c6-3-4-5-1-2-5/h3H,1-2H2,(H,4,6). The lowest BCUT2D eigenvalue weighted by atomic mass is 11.0. The molecular weight excluding hydrogens is 80.0 g/mol. The van der Waals surface area contributed by atoms with Gasteiger partial charge in [0.05, 0.1) is 0 Å². The van der Waals surface area contributed by atoms with E-state index in [0.717, 1.165) is 13.1 Å². The van der Waals surface area contributed by atoms with Crippen LogP contribution in [0.4, 0.5) is 0 Å². The van der Waals surface area contributed by atoms with Gasteiger partial charge in [0.25, 0.3) is 0 Å². The summed E-state index contributed by atoms with van der Waals surface area (Å²) in [4.78, 5) is 9.50. The molecule has 0 radical (unpaired) electrons. The van der Waals surface area contributed by atoms with E-state index < -0.39 is 0 Å². The molecule has 1 saturated heterocycles. The highest BCUT2D eigenvalue weighted by molar-refractivity contribution is 5.45. The van der Waals surface area contributed by atoms with Crippen LogP contribution in [0, 0.1) is 0 Å². The Kier molecular flexibility index (Phi) is 0.759. The molecule has 0 aromatic rings. The molecule has 34 valence electrons. The smallest absolute Gasteiger partial charge is 0.221 e. The number of nitrogens with one attached hydrogen (secondary N) is 1. The average Bonchev–Trinajstić information content (AvgIpc) is 2.21. The highest BCUT2D eigenvalue weighted by Gasteiger charge is 2.14. The zero-order valence-corrected chi connectivity index (χ0v) is 3.35. The van der Waals surface area contributed by atoms with Crippen LogP contribution in [0.5, 0.6) is 0 Å². The van der Waals surface area contributed by atoms with Crippen molar-refractivity contribution in [2.75, 3.05) is 13.1 Å². The van der Waals surface area contributed by atoms with Crippen molar-refractivity contribution in [1.82, 2.24) is 10.4 Å². The molecular formula is C3H6N2O. The zero-order chi connectivity index (χ0) is 4.41. The first-order chi connectivity index (χ1) is 2.93. The van der Waals surface area contributed by atoms with Crippen LogP contribution in [0.1, 0.15) is 0 Å². The van der Waals surface area contributed by atoms with Crippen molar-refractivity contribution in [3.63, 3.8) is 0 Å². The molecule has 6 heavy (non-hydrogen) atoms. The molecule has 1 heterocycles. The summed E-state index contributed by atoms with van der Waals surface area (Å²) >= 11 is 0. The Morgan fingerprint density at radius 1 is 1.67 bits per heavy atom. The van der Waals surface area contributed by atoms with Crippen LogP contribution in [-0.4, -0.2) is 24.5 Å². The van der Waals surface area contributed by atoms with E-state index in [1.54, 1.807) is 0 Å². The van der Waals surface area contributed by atoms with E-state index >= 15 is 0 Å². The minimum absolute atomic E-state index is 0.688. The van der Waals surface area contributed by atoms with Crippen molar-refractivity contribution in [3.05, 3.63) is 0 Å². The topological polar surface area (TPSA) is 32.1 Å². The van der Waals surface area contributed by atoms with Crippen LogP contribution in [0.3, 0.4) is 0 Å². The van der Waals surface area contributed by atoms with E-state index in [1.807, 2.05) is 5.01 Å². The SMILES string of the molecule is O=CNN1CC1. The largest absolute Gasteiger partial charge is 0.291 e. The summed E-state index contributed by atoms with van der Waals surface area (Å²) in [6.07, 6.45) is 0.688. The van der Waals surface area contributed by atoms with Gasteiger partial charge in [-0.25, -0.2) is 5.01 Å². The van der Waals surface area contributed by atoms with Gasteiger partial charge >= 0.3 is 0 Å². The van der Waals surface area contributed by atoms with Crippen molar-refractivity contribution >= 4 is 6.41 Å². The van der Waals surface area contributed by atoms with Crippen LogP contribution in [0.25, 0.3) is 0 Å². The van der Waals surface area contributed by atoms with Gasteiger partial charge in [0.15, 0.2) is 0 Å². The summed E-state index contributed by atoms with van der Waals surface area (Å²) in [5.74, 6) is 0. The summed E-state index contributed by atoms with van der Waals surface area (Å²) in [5, 5.41) is 1.81. The van der Waals surface area contributed by atoms with Gasteiger partial charge in [-0.1, -0.05) is 0 Å². The first-order valence-corrected chi connectivity index (χ1v) is 1.88. The fourth-order valence-corrected chi connectivity index (χ4v) is 0.254. The Morgan fingerprint density at radius 3 is 2.50 bits per heavy atom. The van der Waals surface area contributed by atoms with E-state index in [2.05, 4.69) is 5.43 Å². The molecule has 0 atom stereocenters. The second-order valence-corrected chi connectivity index (χ2v) is 1.23. The van der Waals surface area contributed by atoms with Gasteiger partial charge in [0.1, 0.15) is 0 Å². The lowest BCUT2D eigenvalue weighted by Gasteiger charge is -1.88. The quantitative estimate of drug-likeness (QED) is 0.344. The molecule has 0 bridgehead atoms. The van der Waals surface area contributed by atoms with Crippen molar-refractivity contribution in [2.45, 2.75) is 0 Å². The van der Waals surface area contributed by atoms with Gasteiger partial charge in [-0.3, -0.25) is 10.2 Å². The van der Waals surface area contributed by atoms with Crippen molar-refractivity contribution in [3.8, 4) is 0 Å². The summed E-state index contributed by atoms with van der Waals surface area (Å²) < 4.78 is 0. The Hall–Kier alpha value is -0.570. The number of amides is 1. The summed E-state index contributed by atoms with van der Waals surface area (Å²) in [6.45, 7) is 2.03. The predicted octanol–water partition coefficient (Wildman–Crippen LogP) is -1.04. The zero-order valence-electron chi connectivity index (χ0n) is 3.35. The molecule has 1 amide bonds. The summed E-state index contributed by atoms with van der Waals surface area (Å²) in [6, 6.07) is 0. The highest BCUT2D eigenvalue weighted by atomic mass is 16.1. The van der Waals surface area contributed by atoms with Gasteiger partial charge in [-0.2, -0.15) is 0 Å². The van der Waals surface area contributed by atoms with Gasteiger partial charge in [0, 0.05) is 13.1 Å². The third kappa shape index (κ3) is 0.687. The van der Waals surface area contributed by atoms with E-state index in [0.29, 0.717) is 6.41 Å². The molecule has 1 aliphatic rings. The number of carbonyl (C=O) groups is 1. The van der Waals surface area contributed by atoms with Crippen LogP contribution >= 0.6 is 0 Å². The fourth-order valence-electron chi connectivity index (χ4n) is 0.254. The summed E-state index contributed by atoms with van der Waals surface area (Å²) in [7, 11) is 0. The Balaban J connectivity index is 2.00. The Bertz CT molecular complexity index is 59.8. The van der Waals surface area contributed by atoms with Crippen LogP contribution in [-0.2, 0) is 4.79 Å². The minimum atomic E-state index is 0.688. The highest BCUT2D eigenvalue weighted by Crippen LogP contribution is 1.93. The lowest BCUT2D eigenvalue weighted by molar-refractivity contribution is -0.111. The van der Waals surface area contributed by atoms with Crippen molar-refractivity contribution in [1.29, 1.82) is 0 Å². The van der Waals surface area contributed by atoms with Crippen LogP contribution in [0.2, 0.25) is 0 Å². The van der Waals surface area contributed by atoms with E-state index in [4.69, 9.17) is 0 Å². The summed E-state index contributed by atoms with van der Waals surface area (Å²) in [5.41, 5.74) is 2.47. The maximum Gasteiger partial charge on any atom is 0.221 e. The van der Waals surface area contributed by atoms with Crippen molar-refractivity contribution < 1.29 is 4.79 Å². The van der Waals surface area contributed by atoms with Gasteiger partial charge in [-0.15, -0.1) is 0 Å². The normalized spacial score (nSPS) is 20.0. The van der Waals surface area contributed by atoms with Gasteiger partial charge < -0.3 is 0 Å². The number of nitrogens with zero attached hydrogens (tertiary/aromatic N) is 1. The maximum absolute atomic E-state index is 9.50. The van der Waals surface area contributed by atoms with E-state index in [-0.39, 0.29) is 0 Å². The molecule has 0 aromatic heterocycles. The minimum Gasteiger partial charge on any atom is -0.291 e. The predicted molar refractivity (Wildman–Crippen MR) is 20.8 cm³/mol. The number of hydrazine groups is 1. The van der Waals surface area contributed by atoms with Crippen molar-refractivity contribution in [2.24, 2.45) is 0 Å². The maximum atomic E-state index is 9.50. The molecule has 1 aliphatic heterocycles. The molecule has 0 spiro atoms. The Labute approximate surface area is 35.9 Å². The molecule has 0 aliphatic carbocycles.